The van der Waals surface area contributed by atoms with Crippen LogP contribution in [-0.2, 0) is 20.9 Å². The van der Waals surface area contributed by atoms with Crippen molar-refractivity contribution in [1.82, 2.24) is 5.32 Å². The first kappa shape index (κ1) is 18.0. The van der Waals surface area contributed by atoms with E-state index in [-0.39, 0.29) is 30.8 Å². The van der Waals surface area contributed by atoms with Crippen molar-refractivity contribution in [3.05, 3.63) is 70.7 Å². The average molecular weight is 346 g/mol. The number of esters is 1. The maximum absolute atomic E-state index is 11.8. The molecule has 0 aromatic heterocycles. The largest absolute Gasteiger partial charge is 0.456 e. The number of halogens is 1. The molecular formula is C19H20ClNO3. The lowest BCUT2D eigenvalue weighted by atomic mass is 9.98. The highest BCUT2D eigenvalue weighted by Gasteiger charge is 2.13. The molecule has 4 nitrogen and oxygen atoms in total. The van der Waals surface area contributed by atoms with Crippen LogP contribution in [0.3, 0.4) is 0 Å². The van der Waals surface area contributed by atoms with Crippen molar-refractivity contribution in [1.29, 1.82) is 0 Å². The summed E-state index contributed by atoms with van der Waals surface area (Å²) in [5.41, 5.74) is 2.00. The van der Waals surface area contributed by atoms with Gasteiger partial charge in [-0.05, 0) is 29.2 Å². The Balaban J connectivity index is 1.69. The first-order chi connectivity index (χ1) is 11.5. The summed E-state index contributed by atoms with van der Waals surface area (Å²) >= 11 is 5.80. The van der Waals surface area contributed by atoms with E-state index in [1.54, 1.807) is 12.1 Å². The zero-order valence-electron chi connectivity index (χ0n) is 13.5. The monoisotopic (exact) mass is 345 g/mol. The molecule has 1 N–H and O–H groups in total. The van der Waals surface area contributed by atoms with Crippen molar-refractivity contribution in [2.75, 3.05) is 6.61 Å². The van der Waals surface area contributed by atoms with E-state index in [0.29, 0.717) is 11.6 Å². The van der Waals surface area contributed by atoms with Gasteiger partial charge in [0.2, 0.25) is 0 Å². The summed E-state index contributed by atoms with van der Waals surface area (Å²) in [6.45, 7) is 2.05. The van der Waals surface area contributed by atoms with E-state index in [0.717, 1.165) is 11.1 Å². The SMILES string of the molecule is C[C@@H](CC(=O)OCC(=O)NCc1ccc(Cl)cc1)c1ccccc1. The summed E-state index contributed by atoms with van der Waals surface area (Å²) in [6, 6.07) is 16.9. The molecule has 0 saturated heterocycles. The van der Waals surface area contributed by atoms with Crippen molar-refractivity contribution in [3.63, 3.8) is 0 Å². The molecule has 0 heterocycles. The average Bonchev–Trinajstić information content (AvgIpc) is 2.60. The van der Waals surface area contributed by atoms with E-state index in [4.69, 9.17) is 16.3 Å². The third-order valence-electron chi connectivity index (χ3n) is 3.61. The molecule has 5 heteroatoms. The zero-order chi connectivity index (χ0) is 17.4. The maximum atomic E-state index is 11.8. The van der Waals surface area contributed by atoms with Crippen LogP contribution in [0.1, 0.15) is 30.4 Å². The normalized spacial score (nSPS) is 11.6. The van der Waals surface area contributed by atoms with Crippen LogP contribution in [-0.4, -0.2) is 18.5 Å². The third kappa shape index (κ3) is 6.05. The number of carbonyl (C=O) groups is 2. The Hall–Kier alpha value is -2.33. The minimum absolute atomic E-state index is 0.0517. The van der Waals surface area contributed by atoms with Crippen molar-refractivity contribution in [3.8, 4) is 0 Å². The van der Waals surface area contributed by atoms with Crippen molar-refractivity contribution >= 4 is 23.5 Å². The van der Waals surface area contributed by atoms with Gasteiger partial charge in [0.25, 0.3) is 5.91 Å². The lowest BCUT2D eigenvalue weighted by molar-refractivity contribution is -0.148. The molecular weight excluding hydrogens is 326 g/mol. The molecule has 0 radical (unpaired) electrons. The van der Waals surface area contributed by atoms with Crippen LogP contribution in [0, 0.1) is 0 Å². The number of carbonyl (C=O) groups excluding carboxylic acids is 2. The molecule has 0 aliphatic carbocycles. The Morgan fingerprint density at radius 1 is 1.08 bits per heavy atom. The molecule has 0 bridgehead atoms. The van der Waals surface area contributed by atoms with Crippen molar-refractivity contribution in [2.45, 2.75) is 25.8 Å². The van der Waals surface area contributed by atoms with Crippen LogP contribution in [0.5, 0.6) is 0 Å². The molecule has 0 unspecified atom stereocenters. The topological polar surface area (TPSA) is 55.4 Å². The summed E-state index contributed by atoms with van der Waals surface area (Å²) in [5.74, 6) is -0.658. The molecule has 1 amide bonds. The number of ether oxygens (including phenoxy) is 1. The Kier molecular flexibility index (Phi) is 6.82. The van der Waals surface area contributed by atoms with Gasteiger partial charge >= 0.3 is 5.97 Å². The Morgan fingerprint density at radius 3 is 2.42 bits per heavy atom. The van der Waals surface area contributed by atoms with Gasteiger partial charge in [-0.25, -0.2) is 0 Å². The summed E-state index contributed by atoms with van der Waals surface area (Å²) < 4.78 is 5.03. The number of nitrogens with one attached hydrogen (secondary N) is 1. The lowest BCUT2D eigenvalue weighted by Gasteiger charge is -2.11. The van der Waals surface area contributed by atoms with E-state index >= 15 is 0 Å². The molecule has 0 aliphatic heterocycles. The van der Waals surface area contributed by atoms with Gasteiger partial charge in [0.05, 0.1) is 6.42 Å². The van der Waals surface area contributed by atoms with Crippen molar-refractivity contribution < 1.29 is 14.3 Å². The van der Waals surface area contributed by atoms with Crippen LogP contribution in [0.2, 0.25) is 5.02 Å². The molecule has 2 rings (SSSR count). The highest BCUT2D eigenvalue weighted by molar-refractivity contribution is 6.30. The molecule has 126 valence electrons. The van der Waals surface area contributed by atoms with Crippen LogP contribution < -0.4 is 5.32 Å². The highest BCUT2D eigenvalue weighted by atomic mass is 35.5. The minimum atomic E-state index is -0.381. The molecule has 0 fully saturated rings. The summed E-state index contributed by atoms with van der Waals surface area (Å²) in [6.07, 6.45) is 0.245. The first-order valence-corrected chi connectivity index (χ1v) is 8.14. The Bertz CT molecular complexity index is 671. The second-order valence-corrected chi connectivity index (χ2v) is 6.02. The van der Waals surface area contributed by atoms with Gasteiger partial charge < -0.3 is 10.1 Å². The van der Waals surface area contributed by atoms with Crippen molar-refractivity contribution in [2.24, 2.45) is 0 Å². The molecule has 0 aliphatic rings. The highest BCUT2D eigenvalue weighted by Crippen LogP contribution is 2.18. The van der Waals surface area contributed by atoms with Crippen LogP contribution in [0.15, 0.2) is 54.6 Å². The standard InChI is InChI=1S/C19H20ClNO3/c1-14(16-5-3-2-4-6-16)11-19(23)24-13-18(22)21-12-15-7-9-17(20)10-8-15/h2-10,14H,11-13H2,1H3,(H,21,22)/t14-/m0/s1. The minimum Gasteiger partial charge on any atom is -0.456 e. The maximum Gasteiger partial charge on any atom is 0.306 e. The fraction of sp³-hybridized carbons (Fsp3) is 0.263. The van der Waals surface area contributed by atoms with Gasteiger partial charge in [-0.3, -0.25) is 9.59 Å². The van der Waals surface area contributed by atoms with Gasteiger partial charge in [0, 0.05) is 11.6 Å². The summed E-state index contributed by atoms with van der Waals surface area (Å²) in [4.78, 5) is 23.6. The van der Waals surface area contributed by atoms with Gasteiger partial charge in [-0.15, -0.1) is 0 Å². The quantitative estimate of drug-likeness (QED) is 0.778. The Labute approximate surface area is 146 Å². The summed E-state index contributed by atoms with van der Waals surface area (Å²) in [5, 5.41) is 3.34. The molecule has 2 aromatic carbocycles. The number of hydrogen-bond acceptors (Lipinski definition) is 3. The van der Waals surface area contributed by atoms with E-state index in [1.165, 1.54) is 0 Å². The molecule has 0 saturated carbocycles. The van der Waals surface area contributed by atoms with E-state index in [2.05, 4.69) is 5.32 Å². The second kappa shape index (κ2) is 9.08. The Morgan fingerprint density at radius 2 is 1.75 bits per heavy atom. The predicted octanol–water partition coefficient (Wildman–Crippen LogP) is 3.69. The van der Waals surface area contributed by atoms with E-state index < -0.39 is 0 Å². The van der Waals surface area contributed by atoms with E-state index in [9.17, 15) is 9.59 Å². The molecule has 0 spiro atoms. The zero-order valence-corrected chi connectivity index (χ0v) is 14.3. The third-order valence-corrected chi connectivity index (χ3v) is 3.86. The van der Waals surface area contributed by atoms with Gasteiger partial charge in [-0.1, -0.05) is 61.0 Å². The fourth-order valence-corrected chi connectivity index (χ4v) is 2.33. The van der Waals surface area contributed by atoms with Crippen LogP contribution in [0.4, 0.5) is 0 Å². The van der Waals surface area contributed by atoms with Crippen LogP contribution in [0.25, 0.3) is 0 Å². The van der Waals surface area contributed by atoms with Gasteiger partial charge in [0.15, 0.2) is 6.61 Å². The number of rotatable bonds is 7. The van der Waals surface area contributed by atoms with E-state index in [1.807, 2.05) is 49.4 Å². The predicted molar refractivity (Wildman–Crippen MR) is 93.7 cm³/mol. The number of amides is 1. The van der Waals surface area contributed by atoms with Gasteiger partial charge in [0.1, 0.15) is 0 Å². The molecule has 1 atom stereocenters. The second-order valence-electron chi connectivity index (χ2n) is 5.58. The number of hydrogen-bond donors (Lipinski definition) is 1. The first-order valence-electron chi connectivity index (χ1n) is 7.76. The van der Waals surface area contributed by atoms with Crippen LogP contribution >= 0.6 is 11.6 Å². The number of benzene rings is 2. The summed E-state index contributed by atoms with van der Waals surface area (Å²) in [7, 11) is 0. The fourth-order valence-electron chi connectivity index (χ4n) is 2.21. The van der Waals surface area contributed by atoms with Gasteiger partial charge in [-0.2, -0.15) is 0 Å². The molecule has 24 heavy (non-hydrogen) atoms. The molecule has 2 aromatic rings. The smallest absolute Gasteiger partial charge is 0.306 e. The lowest BCUT2D eigenvalue weighted by Crippen LogP contribution is -2.28.